The molecule has 38 heavy (non-hydrogen) atoms. The van der Waals surface area contributed by atoms with Crippen molar-refractivity contribution in [3.8, 4) is 5.75 Å². The maximum atomic E-state index is 13.8. The van der Waals surface area contributed by atoms with E-state index < -0.39 is 40.2 Å². The molecule has 0 spiro atoms. The van der Waals surface area contributed by atoms with E-state index in [0.717, 1.165) is 4.31 Å². The average molecular weight is 542 g/mol. The Labute approximate surface area is 223 Å². The maximum Gasteiger partial charge on any atom is 0.264 e. The number of nitrogens with one attached hydrogen (secondary N) is 1. The van der Waals surface area contributed by atoms with Crippen molar-refractivity contribution < 1.29 is 27.1 Å². The van der Waals surface area contributed by atoms with E-state index in [1.54, 1.807) is 63.2 Å². The predicted octanol–water partition coefficient (Wildman–Crippen LogP) is 3.97. The van der Waals surface area contributed by atoms with Gasteiger partial charge in [0.25, 0.3) is 10.0 Å². The molecule has 0 aliphatic carbocycles. The number of hydrogen-bond donors (Lipinski definition) is 1. The number of halogens is 1. The van der Waals surface area contributed by atoms with Crippen LogP contribution in [-0.2, 0) is 26.2 Å². The Morgan fingerprint density at radius 2 is 1.53 bits per heavy atom. The zero-order valence-corrected chi connectivity index (χ0v) is 22.6. The van der Waals surface area contributed by atoms with Crippen LogP contribution in [0.25, 0.3) is 0 Å². The molecule has 3 aromatic rings. The molecule has 1 atom stereocenters. The van der Waals surface area contributed by atoms with E-state index in [1.165, 1.54) is 48.4 Å². The summed E-state index contributed by atoms with van der Waals surface area (Å²) in [6.07, 6.45) is 0. The summed E-state index contributed by atoms with van der Waals surface area (Å²) in [6, 6.07) is 18.6. The van der Waals surface area contributed by atoms with E-state index in [2.05, 4.69) is 5.32 Å². The highest BCUT2D eigenvalue weighted by atomic mass is 32.2. The van der Waals surface area contributed by atoms with E-state index in [-0.39, 0.29) is 23.2 Å². The molecule has 0 aliphatic heterocycles. The lowest BCUT2D eigenvalue weighted by molar-refractivity contribution is -0.139. The highest BCUT2D eigenvalue weighted by Gasteiger charge is 2.32. The van der Waals surface area contributed by atoms with Crippen molar-refractivity contribution in [2.24, 2.45) is 0 Å². The molecule has 0 saturated heterocycles. The minimum absolute atomic E-state index is 0.0132. The molecule has 1 N–H and O–H groups in total. The average Bonchev–Trinajstić information content (AvgIpc) is 2.91. The van der Waals surface area contributed by atoms with Crippen molar-refractivity contribution in [1.29, 1.82) is 0 Å². The molecular formula is C28H32FN3O5S. The first-order valence-corrected chi connectivity index (χ1v) is 13.5. The number of rotatable bonds is 11. The van der Waals surface area contributed by atoms with Gasteiger partial charge in [-0.25, -0.2) is 12.8 Å². The molecule has 0 unspecified atom stereocenters. The Bertz CT molecular complexity index is 1330. The second kappa shape index (κ2) is 12.6. The van der Waals surface area contributed by atoms with Gasteiger partial charge in [-0.05, 0) is 74.9 Å². The Balaban J connectivity index is 2.01. The molecule has 0 radical (unpaired) electrons. The lowest BCUT2D eigenvalue weighted by Gasteiger charge is -2.32. The topological polar surface area (TPSA) is 96.0 Å². The smallest absolute Gasteiger partial charge is 0.264 e. The molecule has 2 amide bonds. The third kappa shape index (κ3) is 7.10. The van der Waals surface area contributed by atoms with Gasteiger partial charge in [-0.1, -0.05) is 30.3 Å². The third-order valence-electron chi connectivity index (χ3n) is 5.83. The van der Waals surface area contributed by atoms with Gasteiger partial charge in [0, 0.05) is 12.6 Å². The zero-order valence-electron chi connectivity index (χ0n) is 21.8. The van der Waals surface area contributed by atoms with Crippen LogP contribution in [0.5, 0.6) is 5.75 Å². The highest BCUT2D eigenvalue weighted by Crippen LogP contribution is 2.26. The van der Waals surface area contributed by atoms with Crippen molar-refractivity contribution >= 4 is 27.5 Å². The van der Waals surface area contributed by atoms with Crippen molar-refractivity contribution in [1.82, 2.24) is 10.2 Å². The van der Waals surface area contributed by atoms with Gasteiger partial charge in [-0.2, -0.15) is 0 Å². The third-order valence-corrected chi connectivity index (χ3v) is 7.62. The number of carbonyl (C=O) groups excluding carboxylic acids is 2. The standard InChI is InChI=1S/C28H32FN3O5S/c1-20(2)30-28(34)21(3)31(18-22-10-12-23(29)13-11-22)27(33)19-32(24-14-16-25(37-4)17-15-24)38(35,36)26-8-6-5-7-9-26/h5-17,20-21H,18-19H2,1-4H3,(H,30,34)/t21-/m1/s1. The van der Waals surface area contributed by atoms with Crippen LogP contribution in [-0.4, -0.2) is 50.9 Å². The number of nitrogens with zero attached hydrogens (tertiary/aromatic N) is 2. The van der Waals surface area contributed by atoms with E-state index >= 15 is 0 Å². The molecular weight excluding hydrogens is 509 g/mol. The van der Waals surface area contributed by atoms with Gasteiger partial charge in [-0.3, -0.25) is 13.9 Å². The zero-order chi connectivity index (χ0) is 27.9. The largest absolute Gasteiger partial charge is 0.497 e. The fourth-order valence-corrected chi connectivity index (χ4v) is 5.21. The van der Waals surface area contributed by atoms with E-state index in [1.807, 2.05) is 0 Å². The monoisotopic (exact) mass is 541 g/mol. The number of hydrogen-bond acceptors (Lipinski definition) is 5. The van der Waals surface area contributed by atoms with Crippen molar-refractivity contribution in [2.75, 3.05) is 18.0 Å². The Hall–Kier alpha value is -3.92. The lowest BCUT2D eigenvalue weighted by Crippen LogP contribution is -2.52. The van der Waals surface area contributed by atoms with Crippen LogP contribution in [0, 0.1) is 5.82 Å². The Morgan fingerprint density at radius 3 is 2.08 bits per heavy atom. The Morgan fingerprint density at radius 1 is 0.921 bits per heavy atom. The van der Waals surface area contributed by atoms with Gasteiger partial charge in [-0.15, -0.1) is 0 Å². The first-order chi connectivity index (χ1) is 18.0. The second-order valence-corrected chi connectivity index (χ2v) is 10.9. The fourth-order valence-electron chi connectivity index (χ4n) is 3.77. The normalized spacial score (nSPS) is 12.1. The summed E-state index contributed by atoms with van der Waals surface area (Å²) >= 11 is 0. The van der Waals surface area contributed by atoms with E-state index in [9.17, 15) is 22.4 Å². The van der Waals surface area contributed by atoms with Gasteiger partial charge < -0.3 is 15.0 Å². The molecule has 0 heterocycles. The van der Waals surface area contributed by atoms with Crippen molar-refractivity contribution in [3.05, 3.63) is 90.2 Å². The number of anilines is 1. The second-order valence-electron chi connectivity index (χ2n) is 9.01. The fraction of sp³-hybridized carbons (Fsp3) is 0.286. The Kier molecular flexibility index (Phi) is 9.46. The highest BCUT2D eigenvalue weighted by molar-refractivity contribution is 7.92. The summed E-state index contributed by atoms with van der Waals surface area (Å²) in [7, 11) is -2.66. The van der Waals surface area contributed by atoms with Crippen LogP contribution in [0.1, 0.15) is 26.3 Å². The summed E-state index contributed by atoms with van der Waals surface area (Å²) < 4.78 is 47.1. The van der Waals surface area contributed by atoms with Gasteiger partial charge in [0.2, 0.25) is 11.8 Å². The van der Waals surface area contributed by atoms with Crippen LogP contribution >= 0.6 is 0 Å². The van der Waals surface area contributed by atoms with Crippen LogP contribution in [0.3, 0.4) is 0 Å². The van der Waals surface area contributed by atoms with E-state index in [0.29, 0.717) is 11.3 Å². The number of methoxy groups -OCH3 is 1. The molecule has 8 nitrogen and oxygen atoms in total. The molecule has 202 valence electrons. The molecule has 0 aliphatic rings. The molecule has 3 aromatic carbocycles. The maximum absolute atomic E-state index is 13.8. The van der Waals surface area contributed by atoms with Crippen LogP contribution in [0.15, 0.2) is 83.8 Å². The van der Waals surface area contributed by atoms with Crippen LogP contribution < -0.4 is 14.4 Å². The molecule has 0 aromatic heterocycles. The van der Waals surface area contributed by atoms with Gasteiger partial charge in [0.05, 0.1) is 17.7 Å². The quantitative estimate of drug-likeness (QED) is 0.396. The number of sulfonamides is 1. The van der Waals surface area contributed by atoms with Gasteiger partial charge >= 0.3 is 0 Å². The summed E-state index contributed by atoms with van der Waals surface area (Å²) in [4.78, 5) is 28.0. The molecule has 10 heteroatoms. The van der Waals surface area contributed by atoms with Gasteiger partial charge in [0.1, 0.15) is 24.2 Å². The first-order valence-electron chi connectivity index (χ1n) is 12.1. The minimum atomic E-state index is -4.15. The van der Waals surface area contributed by atoms with Crippen LogP contribution in [0.2, 0.25) is 0 Å². The summed E-state index contributed by atoms with van der Waals surface area (Å²) in [6.45, 7) is 4.59. The van der Waals surface area contributed by atoms with Crippen LogP contribution in [0.4, 0.5) is 10.1 Å². The number of benzene rings is 3. The summed E-state index contributed by atoms with van der Waals surface area (Å²) in [5, 5.41) is 2.79. The van der Waals surface area contributed by atoms with E-state index in [4.69, 9.17) is 4.74 Å². The summed E-state index contributed by atoms with van der Waals surface area (Å²) in [5.41, 5.74) is 0.842. The molecule has 0 saturated carbocycles. The molecule has 3 rings (SSSR count). The minimum Gasteiger partial charge on any atom is -0.497 e. The predicted molar refractivity (Wildman–Crippen MR) is 144 cm³/mol. The SMILES string of the molecule is COc1ccc(N(CC(=O)N(Cc2ccc(F)cc2)[C@H](C)C(=O)NC(C)C)S(=O)(=O)c2ccccc2)cc1. The number of ether oxygens (including phenoxy) is 1. The summed E-state index contributed by atoms with van der Waals surface area (Å²) in [5.74, 6) is -0.903. The van der Waals surface area contributed by atoms with Crippen molar-refractivity contribution in [2.45, 2.75) is 44.3 Å². The molecule has 0 bridgehead atoms. The number of amides is 2. The molecule has 0 fully saturated rings. The lowest BCUT2D eigenvalue weighted by atomic mass is 10.1. The number of carbonyl (C=O) groups is 2. The first kappa shape index (κ1) is 28.6. The van der Waals surface area contributed by atoms with Gasteiger partial charge in [0.15, 0.2) is 0 Å². The van der Waals surface area contributed by atoms with Crippen molar-refractivity contribution in [3.63, 3.8) is 0 Å².